The van der Waals surface area contributed by atoms with Crippen LogP contribution in [-0.2, 0) is 6.54 Å². The number of benzene rings is 2. The molecule has 0 atom stereocenters. The minimum atomic E-state index is -4.85. The third kappa shape index (κ3) is 5.50. The standard InChI is InChI=1S/C15H11Cl2F3N2O2/c16-10-6-5-9(7-11(10)17)8-21-14(23)22-12-3-1-2-4-13(12)24-15(18,19)20/h1-7H,8H2,(H2,21,22,23). The highest BCUT2D eigenvalue weighted by Crippen LogP contribution is 2.29. The van der Waals surface area contributed by atoms with E-state index in [0.29, 0.717) is 15.6 Å². The van der Waals surface area contributed by atoms with Crippen LogP contribution < -0.4 is 15.4 Å². The average Bonchev–Trinajstić information content (AvgIpc) is 2.49. The number of ether oxygens (including phenoxy) is 1. The van der Waals surface area contributed by atoms with Gasteiger partial charge in [-0.05, 0) is 29.8 Å². The number of nitrogens with one attached hydrogen (secondary N) is 2. The third-order valence-corrected chi connectivity index (χ3v) is 3.54. The van der Waals surface area contributed by atoms with Crippen LogP contribution in [0.4, 0.5) is 23.7 Å². The Morgan fingerprint density at radius 2 is 1.79 bits per heavy atom. The summed E-state index contributed by atoms with van der Waals surface area (Å²) in [5.74, 6) is -0.505. The number of halogens is 5. The van der Waals surface area contributed by atoms with Crippen LogP contribution in [0.3, 0.4) is 0 Å². The SMILES string of the molecule is O=C(NCc1ccc(Cl)c(Cl)c1)Nc1ccccc1OC(F)(F)F. The second-order valence-electron chi connectivity index (χ2n) is 4.60. The van der Waals surface area contributed by atoms with Gasteiger partial charge in [0.1, 0.15) is 0 Å². The van der Waals surface area contributed by atoms with Gasteiger partial charge in [-0.15, -0.1) is 13.2 Å². The van der Waals surface area contributed by atoms with Gasteiger partial charge in [0.05, 0.1) is 15.7 Å². The number of alkyl halides is 3. The highest BCUT2D eigenvalue weighted by atomic mass is 35.5. The van der Waals surface area contributed by atoms with Crippen LogP contribution in [0.1, 0.15) is 5.56 Å². The van der Waals surface area contributed by atoms with E-state index in [4.69, 9.17) is 23.2 Å². The number of amides is 2. The lowest BCUT2D eigenvalue weighted by atomic mass is 10.2. The van der Waals surface area contributed by atoms with Gasteiger partial charge in [0.2, 0.25) is 0 Å². The molecule has 0 aliphatic carbocycles. The summed E-state index contributed by atoms with van der Waals surface area (Å²) in [7, 11) is 0. The molecule has 0 fully saturated rings. The van der Waals surface area contributed by atoms with Crippen molar-refractivity contribution in [2.45, 2.75) is 12.9 Å². The van der Waals surface area contributed by atoms with Crippen molar-refractivity contribution in [3.05, 3.63) is 58.1 Å². The number of urea groups is 1. The molecule has 0 saturated heterocycles. The number of para-hydroxylation sites is 2. The van der Waals surface area contributed by atoms with Crippen LogP contribution in [0.2, 0.25) is 10.0 Å². The first-order valence-electron chi connectivity index (χ1n) is 6.58. The predicted molar refractivity (Wildman–Crippen MR) is 85.4 cm³/mol. The molecule has 0 aromatic heterocycles. The van der Waals surface area contributed by atoms with E-state index < -0.39 is 18.1 Å². The largest absolute Gasteiger partial charge is 0.573 e. The van der Waals surface area contributed by atoms with Crippen LogP contribution >= 0.6 is 23.2 Å². The lowest BCUT2D eigenvalue weighted by Crippen LogP contribution is -2.28. The molecule has 128 valence electrons. The maximum absolute atomic E-state index is 12.3. The molecule has 0 saturated carbocycles. The summed E-state index contributed by atoms with van der Waals surface area (Å²) < 4.78 is 40.8. The molecule has 2 aromatic rings. The van der Waals surface area contributed by atoms with Crippen molar-refractivity contribution < 1.29 is 22.7 Å². The Labute approximate surface area is 145 Å². The van der Waals surface area contributed by atoms with Gasteiger partial charge < -0.3 is 15.4 Å². The van der Waals surface area contributed by atoms with E-state index >= 15 is 0 Å². The summed E-state index contributed by atoms with van der Waals surface area (Å²) in [5, 5.41) is 5.50. The van der Waals surface area contributed by atoms with E-state index in [2.05, 4.69) is 15.4 Å². The quantitative estimate of drug-likeness (QED) is 0.766. The Kier molecular flexibility index (Phi) is 5.80. The second-order valence-corrected chi connectivity index (χ2v) is 5.41. The molecule has 2 aromatic carbocycles. The summed E-state index contributed by atoms with van der Waals surface area (Å²) in [6.45, 7) is 0.116. The van der Waals surface area contributed by atoms with Gasteiger partial charge in [-0.25, -0.2) is 4.79 Å². The van der Waals surface area contributed by atoms with Crippen LogP contribution in [0.5, 0.6) is 5.75 Å². The first-order valence-corrected chi connectivity index (χ1v) is 7.34. The summed E-state index contributed by atoms with van der Waals surface area (Å²) >= 11 is 11.6. The predicted octanol–water partition coefficient (Wildman–Crippen LogP) is 5.21. The zero-order valence-electron chi connectivity index (χ0n) is 12.0. The molecule has 9 heteroatoms. The van der Waals surface area contributed by atoms with Gasteiger partial charge in [0.15, 0.2) is 5.75 Å². The van der Waals surface area contributed by atoms with Crippen molar-refractivity contribution in [2.24, 2.45) is 0 Å². The number of anilines is 1. The number of rotatable bonds is 4. The third-order valence-electron chi connectivity index (χ3n) is 2.80. The molecule has 0 spiro atoms. The molecule has 2 amide bonds. The van der Waals surface area contributed by atoms with Crippen molar-refractivity contribution in [1.82, 2.24) is 5.32 Å². The van der Waals surface area contributed by atoms with Crippen LogP contribution in [0.15, 0.2) is 42.5 Å². The van der Waals surface area contributed by atoms with E-state index in [1.807, 2.05) is 0 Å². The van der Waals surface area contributed by atoms with Crippen molar-refractivity contribution in [2.75, 3.05) is 5.32 Å². The first kappa shape index (κ1) is 18.2. The molecule has 0 aliphatic rings. The average molecular weight is 379 g/mol. The lowest BCUT2D eigenvalue weighted by molar-refractivity contribution is -0.274. The maximum Gasteiger partial charge on any atom is 0.573 e. The van der Waals surface area contributed by atoms with Gasteiger partial charge in [-0.3, -0.25) is 0 Å². The van der Waals surface area contributed by atoms with Crippen molar-refractivity contribution in [1.29, 1.82) is 0 Å². The number of hydrogen-bond acceptors (Lipinski definition) is 2. The van der Waals surface area contributed by atoms with Gasteiger partial charge >= 0.3 is 12.4 Å². The highest BCUT2D eigenvalue weighted by Gasteiger charge is 2.32. The zero-order chi connectivity index (χ0) is 17.7. The lowest BCUT2D eigenvalue weighted by Gasteiger charge is -2.14. The second kappa shape index (κ2) is 7.63. The topological polar surface area (TPSA) is 50.4 Å². The Morgan fingerprint density at radius 1 is 1.08 bits per heavy atom. The fraction of sp³-hybridized carbons (Fsp3) is 0.133. The van der Waals surface area contributed by atoms with Gasteiger partial charge in [0.25, 0.3) is 0 Å². The molecule has 0 heterocycles. The smallest absolute Gasteiger partial charge is 0.404 e. The van der Waals surface area contributed by atoms with E-state index in [0.717, 1.165) is 6.07 Å². The van der Waals surface area contributed by atoms with Crippen LogP contribution in [0, 0.1) is 0 Å². The van der Waals surface area contributed by atoms with Gasteiger partial charge in [0, 0.05) is 6.54 Å². The fourth-order valence-electron chi connectivity index (χ4n) is 1.78. The summed E-state index contributed by atoms with van der Waals surface area (Å²) in [5.41, 5.74) is 0.570. The van der Waals surface area contributed by atoms with Gasteiger partial charge in [-0.1, -0.05) is 41.4 Å². The summed E-state index contributed by atoms with van der Waals surface area (Å²) in [6, 6.07) is 9.34. The maximum atomic E-state index is 12.3. The minimum absolute atomic E-state index is 0.110. The zero-order valence-corrected chi connectivity index (χ0v) is 13.5. The Hall–Kier alpha value is -2.12. The molecule has 0 aliphatic heterocycles. The van der Waals surface area contributed by atoms with Gasteiger partial charge in [-0.2, -0.15) is 0 Å². The Bertz CT molecular complexity index is 739. The molecule has 0 bridgehead atoms. The summed E-state index contributed by atoms with van der Waals surface area (Å²) in [6.07, 6.45) is -4.85. The number of carbonyl (C=O) groups excluding carboxylic acids is 1. The van der Waals surface area contributed by atoms with E-state index in [1.54, 1.807) is 18.2 Å². The normalized spacial score (nSPS) is 11.0. The van der Waals surface area contributed by atoms with Crippen molar-refractivity contribution in [3.8, 4) is 5.75 Å². The molecule has 2 N–H and O–H groups in total. The Balaban J connectivity index is 1.98. The molecule has 0 unspecified atom stereocenters. The molecular formula is C15H11Cl2F3N2O2. The molecule has 24 heavy (non-hydrogen) atoms. The number of hydrogen-bond donors (Lipinski definition) is 2. The molecule has 2 rings (SSSR count). The fourth-order valence-corrected chi connectivity index (χ4v) is 2.10. The van der Waals surface area contributed by atoms with Crippen LogP contribution in [-0.4, -0.2) is 12.4 Å². The molecule has 4 nitrogen and oxygen atoms in total. The summed E-state index contributed by atoms with van der Waals surface area (Å²) in [4.78, 5) is 11.8. The van der Waals surface area contributed by atoms with Crippen LogP contribution in [0.25, 0.3) is 0 Å². The van der Waals surface area contributed by atoms with E-state index in [9.17, 15) is 18.0 Å². The minimum Gasteiger partial charge on any atom is -0.404 e. The highest BCUT2D eigenvalue weighted by molar-refractivity contribution is 6.42. The molecular weight excluding hydrogens is 368 g/mol. The monoisotopic (exact) mass is 378 g/mol. The first-order chi connectivity index (χ1) is 11.2. The number of carbonyl (C=O) groups is 1. The van der Waals surface area contributed by atoms with Crippen molar-refractivity contribution >= 4 is 34.9 Å². The van der Waals surface area contributed by atoms with E-state index in [1.165, 1.54) is 18.2 Å². The molecule has 0 radical (unpaired) electrons. The van der Waals surface area contributed by atoms with Crippen molar-refractivity contribution in [3.63, 3.8) is 0 Å². The van der Waals surface area contributed by atoms with E-state index in [-0.39, 0.29) is 12.2 Å². The Morgan fingerprint density at radius 3 is 2.46 bits per heavy atom.